The molecule has 0 saturated carbocycles. The lowest BCUT2D eigenvalue weighted by atomic mass is 10.1. The van der Waals surface area contributed by atoms with E-state index >= 15 is 0 Å². The largest absolute Gasteiger partial charge is 0.791 e. The predicted molar refractivity (Wildman–Crippen MR) is 61.2 cm³/mol. The molecule has 25 heavy (non-hydrogen) atoms. The van der Waals surface area contributed by atoms with Crippen LogP contribution in [0.3, 0.4) is 0 Å². The van der Waals surface area contributed by atoms with Crippen molar-refractivity contribution in [1.29, 1.82) is 0 Å². The third-order valence-electron chi connectivity index (χ3n) is 3.17. The Kier molecular flexibility index (Phi) is 6.88. The number of rotatable bonds is 7. The zero-order chi connectivity index (χ0) is 20.7. The van der Waals surface area contributed by atoms with Gasteiger partial charge in [0.25, 0.3) is 0 Å². The molecular formula is C9H11F10O4PSi-2. The van der Waals surface area contributed by atoms with Crippen molar-refractivity contribution in [3.8, 4) is 0 Å². The van der Waals surface area contributed by atoms with Crippen LogP contribution in [-0.2, 0) is 8.78 Å². The summed E-state index contributed by atoms with van der Waals surface area (Å²) in [7, 11) is -10.7. The molecule has 0 fully saturated rings. The smallest absolute Gasteiger partial charge is 0.453 e. The molecule has 0 N–H and O–H groups in total. The molecule has 4 nitrogen and oxygen atoms in total. The standard InChI is InChI=1S/C9H13F10O4PSi/c1-25(2,23-24(20,21)22)5(3-6(10,11)8(14,15)16)4-7(12,13)9(17,18)19/h5H,3-4H2,1-2H3,(H2,20,21,22)/p-2. The average molecular weight is 432 g/mol. The fourth-order valence-corrected chi connectivity index (χ4v) is 6.17. The molecule has 0 amide bonds. The minimum atomic E-state index is -6.29. The number of hydrogen-bond donors (Lipinski definition) is 0. The van der Waals surface area contributed by atoms with Crippen LogP contribution < -0.4 is 9.79 Å². The van der Waals surface area contributed by atoms with Crippen molar-refractivity contribution in [3.63, 3.8) is 0 Å². The number of halogens is 10. The van der Waals surface area contributed by atoms with Crippen molar-refractivity contribution >= 4 is 16.1 Å². The van der Waals surface area contributed by atoms with Crippen LogP contribution in [0.15, 0.2) is 0 Å². The lowest BCUT2D eigenvalue weighted by Crippen LogP contribution is -2.48. The summed E-state index contributed by atoms with van der Waals surface area (Å²) >= 11 is 0. The van der Waals surface area contributed by atoms with E-state index in [2.05, 4.69) is 4.21 Å². The summed E-state index contributed by atoms with van der Waals surface area (Å²) in [6.45, 7) is 0.943. The van der Waals surface area contributed by atoms with Crippen molar-refractivity contribution in [2.24, 2.45) is 0 Å². The van der Waals surface area contributed by atoms with Crippen molar-refractivity contribution in [1.82, 2.24) is 0 Å². The Morgan fingerprint density at radius 3 is 1.32 bits per heavy atom. The summed E-state index contributed by atoms with van der Waals surface area (Å²) in [6, 6.07) is 0. The van der Waals surface area contributed by atoms with Crippen molar-refractivity contribution in [2.75, 3.05) is 0 Å². The lowest BCUT2D eigenvalue weighted by molar-refractivity contribution is -0.335. The molecule has 16 heteroatoms. The van der Waals surface area contributed by atoms with Crippen molar-refractivity contribution < 1.29 is 62.5 Å². The second kappa shape index (κ2) is 6.98. The van der Waals surface area contributed by atoms with Gasteiger partial charge in [-0.3, -0.25) is 0 Å². The average Bonchev–Trinajstić information content (AvgIpc) is 2.20. The molecule has 0 heterocycles. The number of phosphoric acid groups is 1. The molecule has 0 saturated heterocycles. The predicted octanol–water partition coefficient (Wildman–Crippen LogP) is 3.58. The molecule has 0 rings (SSSR count). The van der Waals surface area contributed by atoms with Gasteiger partial charge in [-0.05, 0) is 18.6 Å². The first-order valence-corrected chi connectivity index (χ1v) is 10.6. The summed E-state index contributed by atoms with van der Waals surface area (Å²) in [5.41, 5.74) is -2.86. The van der Waals surface area contributed by atoms with Crippen LogP contribution in [-0.4, -0.2) is 32.5 Å². The van der Waals surface area contributed by atoms with E-state index in [0.717, 1.165) is 0 Å². The maximum Gasteiger partial charge on any atom is 0.453 e. The SMILES string of the molecule is C[Si](C)(OP(=O)([O-])[O-])C(CC(F)(F)C(F)(F)F)CC(F)(F)C(F)(F)F. The Bertz CT molecular complexity index is 483. The highest BCUT2D eigenvalue weighted by atomic mass is 31.2. The van der Waals surface area contributed by atoms with Gasteiger partial charge in [-0.15, -0.1) is 0 Å². The molecule has 0 radical (unpaired) electrons. The molecule has 0 bridgehead atoms. The minimum absolute atomic E-state index is 0.471. The van der Waals surface area contributed by atoms with Crippen molar-refractivity contribution in [2.45, 2.75) is 55.7 Å². The molecule has 0 aliphatic carbocycles. The Hall–Kier alpha value is -0.373. The quantitative estimate of drug-likeness (QED) is 0.350. The normalized spacial score (nSPS) is 15.8. The highest BCUT2D eigenvalue weighted by molar-refractivity contribution is 7.45. The molecule has 152 valence electrons. The van der Waals surface area contributed by atoms with E-state index in [1.807, 2.05) is 0 Å². The van der Waals surface area contributed by atoms with Crippen LogP contribution in [0.5, 0.6) is 0 Å². The van der Waals surface area contributed by atoms with E-state index in [1.165, 1.54) is 0 Å². The second-order valence-electron chi connectivity index (χ2n) is 5.65. The monoisotopic (exact) mass is 432 g/mol. The third kappa shape index (κ3) is 7.04. The maximum atomic E-state index is 13.1. The Morgan fingerprint density at radius 2 is 1.12 bits per heavy atom. The van der Waals surface area contributed by atoms with Crippen LogP contribution in [0.25, 0.3) is 0 Å². The molecule has 0 atom stereocenters. The number of hydrogen-bond acceptors (Lipinski definition) is 4. The summed E-state index contributed by atoms with van der Waals surface area (Å²) < 4.78 is 140. The summed E-state index contributed by atoms with van der Waals surface area (Å²) in [4.78, 5) is 21.1. The maximum absolute atomic E-state index is 13.1. The van der Waals surface area contributed by atoms with E-state index in [1.54, 1.807) is 0 Å². The van der Waals surface area contributed by atoms with E-state index in [4.69, 9.17) is 0 Å². The Morgan fingerprint density at radius 1 is 0.840 bits per heavy atom. The van der Waals surface area contributed by atoms with Gasteiger partial charge in [0.05, 0.1) is 0 Å². The lowest BCUT2D eigenvalue weighted by Gasteiger charge is -2.43. The summed E-state index contributed by atoms with van der Waals surface area (Å²) in [6.07, 6.45) is -17.8. The molecule has 0 aliphatic rings. The molecule has 0 aromatic heterocycles. The first-order valence-electron chi connectivity index (χ1n) is 6.14. The van der Waals surface area contributed by atoms with Gasteiger partial charge in [0.2, 0.25) is 0 Å². The fourth-order valence-electron chi connectivity index (χ4n) is 1.78. The summed E-state index contributed by atoms with van der Waals surface area (Å²) in [5, 5.41) is 0. The molecule has 0 aliphatic heterocycles. The van der Waals surface area contributed by atoms with Crippen LogP contribution in [0.4, 0.5) is 43.9 Å². The van der Waals surface area contributed by atoms with Crippen LogP contribution in [0.2, 0.25) is 18.6 Å². The van der Waals surface area contributed by atoms with E-state index in [-0.39, 0.29) is 0 Å². The van der Waals surface area contributed by atoms with Gasteiger partial charge in [0, 0.05) is 20.7 Å². The van der Waals surface area contributed by atoms with Gasteiger partial charge < -0.3 is 18.6 Å². The molecule has 0 spiro atoms. The first-order chi connectivity index (χ1) is 10.5. The highest BCUT2D eigenvalue weighted by Crippen LogP contribution is 2.52. The topological polar surface area (TPSA) is 72.4 Å². The zero-order valence-corrected chi connectivity index (χ0v) is 14.2. The van der Waals surface area contributed by atoms with Gasteiger partial charge in [0.15, 0.2) is 8.32 Å². The van der Waals surface area contributed by atoms with E-state index < -0.39 is 58.7 Å². The van der Waals surface area contributed by atoms with Crippen LogP contribution in [0.1, 0.15) is 12.8 Å². The fraction of sp³-hybridized carbons (Fsp3) is 1.00. The van der Waals surface area contributed by atoms with E-state index in [9.17, 15) is 58.3 Å². The van der Waals surface area contributed by atoms with E-state index in [0.29, 0.717) is 13.1 Å². The Balaban J connectivity index is 5.88. The Labute approximate surface area is 135 Å². The molecule has 0 aromatic rings. The minimum Gasteiger partial charge on any atom is -0.791 e. The molecular weight excluding hydrogens is 421 g/mol. The van der Waals surface area contributed by atoms with Gasteiger partial charge in [-0.1, -0.05) is 0 Å². The van der Waals surface area contributed by atoms with Crippen LogP contribution in [0, 0.1) is 0 Å². The van der Waals surface area contributed by atoms with Crippen molar-refractivity contribution in [3.05, 3.63) is 0 Å². The third-order valence-corrected chi connectivity index (χ3v) is 8.32. The molecule has 0 aromatic carbocycles. The second-order valence-corrected chi connectivity index (χ2v) is 11.3. The number of alkyl halides is 10. The summed E-state index contributed by atoms with van der Waals surface area (Å²) in [5.74, 6) is -11.4. The highest BCUT2D eigenvalue weighted by Gasteiger charge is 2.64. The first kappa shape index (κ1) is 24.6. The molecule has 0 unspecified atom stereocenters. The van der Waals surface area contributed by atoms with Gasteiger partial charge in [-0.2, -0.15) is 43.9 Å². The van der Waals surface area contributed by atoms with Gasteiger partial charge >= 0.3 is 24.2 Å². The van der Waals surface area contributed by atoms with Crippen LogP contribution >= 0.6 is 7.82 Å². The zero-order valence-electron chi connectivity index (χ0n) is 12.4. The van der Waals surface area contributed by atoms with Gasteiger partial charge in [-0.25, -0.2) is 0 Å². The van der Waals surface area contributed by atoms with Gasteiger partial charge in [0.1, 0.15) is 0 Å².